The highest BCUT2D eigenvalue weighted by Crippen LogP contribution is 2.24. The molecule has 1 aromatic heterocycles. The lowest BCUT2D eigenvalue weighted by atomic mass is 10.1. The second-order valence-electron chi connectivity index (χ2n) is 7.73. The third kappa shape index (κ3) is 3.81. The summed E-state index contributed by atoms with van der Waals surface area (Å²) in [6.07, 6.45) is 0.670. The fraction of sp³-hybridized carbons (Fsp3) is 0.500. The number of aromatic amines is 1. The van der Waals surface area contributed by atoms with Crippen molar-refractivity contribution in [2.45, 2.75) is 45.3 Å². The van der Waals surface area contributed by atoms with Crippen LogP contribution in [0.3, 0.4) is 0 Å². The lowest BCUT2D eigenvalue weighted by Gasteiger charge is -2.33. The first-order valence-corrected chi connectivity index (χ1v) is 8.78. The number of piperidine rings is 1. The number of hydrogen-bond donors (Lipinski definition) is 2. The van der Waals surface area contributed by atoms with Crippen LogP contribution in [0, 0.1) is 5.82 Å². The minimum absolute atomic E-state index is 0.0819. The van der Waals surface area contributed by atoms with E-state index in [1.54, 1.807) is 25.7 Å². The van der Waals surface area contributed by atoms with Crippen LogP contribution in [-0.2, 0) is 4.74 Å². The molecule has 0 radical (unpaired) electrons. The van der Waals surface area contributed by atoms with Gasteiger partial charge < -0.3 is 15.4 Å². The summed E-state index contributed by atoms with van der Waals surface area (Å²) < 4.78 is 20.5. The Morgan fingerprint density at radius 1 is 1.26 bits per heavy atom. The first-order chi connectivity index (χ1) is 12.6. The van der Waals surface area contributed by atoms with Gasteiger partial charge in [-0.3, -0.25) is 14.7 Å². The largest absolute Gasteiger partial charge is 0.444 e. The van der Waals surface area contributed by atoms with E-state index in [0.717, 1.165) is 12.1 Å². The average Bonchev–Trinajstić information content (AvgIpc) is 2.89. The summed E-state index contributed by atoms with van der Waals surface area (Å²) >= 11 is 0. The minimum Gasteiger partial charge on any atom is -0.444 e. The molecule has 2 heterocycles. The number of rotatable bonds is 2. The Bertz CT molecular complexity index is 949. The van der Waals surface area contributed by atoms with Crippen molar-refractivity contribution in [2.75, 3.05) is 13.1 Å². The predicted molar refractivity (Wildman–Crippen MR) is 97.1 cm³/mol. The highest BCUT2D eigenvalue weighted by Gasteiger charge is 2.29. The zero-order valence-corrected chi connectivity index (χ0v) is 15.5. The fourth-order valence-electron chi connectivity index (χ4n) is 3.31. The van der Waals surface area contributed by atoms with Crippen LogP contribution < -0.4 is 11.3 Å². The third-order valence-electron chi connectivity index (χ3n) is 4.52. The number of halogens is 1. The van der Waals surface area contributed by atoms with Crippen LogP contribution in [0.15, 0.2) is 16.9 Å². The second-order valence-corrected chi connectivity index (χ2v) is 7.73. The van der Waals surface area contributed by atoms with Crippen LogP contribution in [0.5, 0.6) is 0 Å². The Morgan fingerprint density at radius 2 is 1.89 bits per heavy atom. The molecule has 3 rings (SSSR count). The van der Waals surface area contributed by atoms with Gasteiger partial charge in [0.15, 0.2) is 0 Å². The van der Waals surface area contributed by atoms with Gasteiger partial charge in [0.1, 0.15) is 11.4 Å². The van der Waals surface area contributed by atoms with Crippen LogP contribution in [0.1, 0.15) is 50.0 Å². The molecule has 0 saturated carbocycles. The molecule has 8 nitrogen and oxygen atoms in total. The van der Waals surface area contributed by atoms with E-state index in [0.29, 0.717) is 25.9 Å². The predicted octanol–water partition coefficient (Wildman–Crippen LogP) is 2.14. The van der Waals surface area contributed by atoms with Crippen molar-refractivity contribution in [1.82, 2.24) is 14.7 Å². The Balaban J connectivity index is 1.83. The summed E-state index contributed by atoms with van der Waals surface area (Å²) in [6, 6.07) is 1.93. The number of ether oxygens (including phenoxy) is 1. The molecule has 9 heteroatoms. The number of carbonyl (C=O) groups is 2. The quantitative estimate of drug-likeness (QED) is 0.834. The van der Waals surface area contributed by atoms with E-state index in [1.807, 2.05) is 0 Å². The molecule has 27 heavy (non-hydrogen) atoms. The Hall–Kier alpha value is -2.84. The number of carbonyl (C=O) groups excluding carboxylic acids is 2. The Kier molecular flexibility index (Phi) is 4.71. The molecule has 1 aliphatic rings. The molecule has 1 aromatic carbocycles. The van der Waals surface area contributed by atoms with E-state index in [4.69, 9.17) is 10.5 Å². The summed E-state index contributed by atoms with van der Waals surface area (Å²) in [6.45, 7) is 6.27. The van der Waals surface area contributed by atoms with Gasteiger partial charge in [-0.15, -0.1) is 0 Å². The van der Waals surface area contributed by atoms with Crippen molar-refractivity contribution < 1.29 is 18.7 Å². The SMILES string of the molecule is CC(C)(C)OC(=O)N1CCC(n2[nH]c3cc(F)cc(C(N)=O)c3c2=O)CC1. The van der Waals surface area contributed by atoms with Gasteiger partial charge in [0.2, 0.25) is 5.91 Å². The van der Waals surface area contributed by atoms with Crippen molar-refractivity contribution in [1.29, 1.82) is 0 Å². The smallest absolute Gasteiger partial charge is 0.410 e. The number of aromatic nitrogens is 2. The van der Waals surface area contributed by atoms with E-state index in [1.165, 1.54) is 4.68 Å². The van der Waals surface area contributed by atoms with E-state index < -0.39 is 22.9 Å². The normalized spacial score (nSPS) is 15.9. The standard InChI is InChI=1S/C18H23FN4O4/c1-18(2,3)27-17(26)22-6-4-11(5-7-22)23-16(25)14-12(15(20)24)8-10(19)9-13(14)21-23/h8-9,11,21H,4-7H2,1-3H3,(H2,20,24). The van der Waals surface area contributed by atoms with Gasteiger partial charge in [-0.05, 0) is 45.7 Å². The molecule has 0 unspecified atom stereocenters. The minimum atomic E-state index is -0.859. The molecular weight excluding hydrogens is 355 g/mol. The van der Waals surface area contributed by atoms with Crippen molar-refractivity contribution in [3.63, 3.8) is 0 Å². The number of nitrogens with zero attached hydrogens (tertiary/aromatic N) is 2. The molecule has 2 amide bonds. The van der Waals surface area contributed by atoms with E-state index in [-0.39, 0.29) is 28.6 Å². The molecule has 2 aromatic rings. The molecule has 146 valence electrons. The molecule has 0 aliphatic carbocycles. The highest BCUT2D eigenvalue weighted by atomic mass is 19.1. The topological polar surface area (TPSA) is 110 Å². The Morgan fingerprint density at radius 3 is 2.44 bits per heavy atom. The number of nitrogens with two attached hydrogens (primary N) is 1. The van der Waals surface area contributed by atoms with E-state index in [2.05, 4.69) is 5.10 Å². The monoisotopic (exact) mass is 378 g/mol. The molecule has 1 saturated heterocycles. The van der Waals surface area contributed by atoms with Crippen LogP contribution in [0.25, 0.3) is 10.9 Å². The summed E-state index contributed by atoms with van der Waals surface area (Å²) in [5.74, 6) is -1.51. The van der Waals surface area contributed by atoms with Crippen molar-refractivity contribution in [3.05, 3.63) is 33.9 Å². The zero-order chi connectivity index (χ0) is 19.9. The van der Waals surface area contributed by atoms with Crippen LogP contribution in [-0.4, -0.2) is 45.4 Å². The van der Waals surface area contributed by atoms with E-state index >= 15 is 0 Å². The lowest BCUT2D eigenvalue weighted by molar-refractivity contribution is 0.0184. The van der Waals surface area contributed by atoms with Gasteiger partial charge in [-0.1, -0.05) is 0 Å². The molecule has 0 bridgehead atoms. The molecule has 0 spiro atoms. The maximum absolute atomic E-state index is 13.7. The summed E-state index contributed by atoms with van der Waals surface area (Å²) in [5, 5.41) is 2.96. The maximum atomic E-state index is 13.7. The number of nitrogens with one attached hydrogen (secondary N) is 1. The Labute approximate surface area is 155 Å². The zero-order valence-electron chi connectivity index (χ0n) is 15.5. The van der Waals surface area contributed by atoms with Crippen LogP contribution in [0.4, 0.5) is 9.18 Å². The second kappa shape index (κ2) is 6.71. The van der Waals surface area contributed by atoms with Crippen molar-refractivity contribution >= 4 is 22.9 Å². The van der Waals surface area contributed by atoms with E-state index in [9.17, 15) is 18.8 Å². The third-order valence-corrected chi connectivity index (χ3v) is 4.52. The molecule has 3 N–H and O–H groups in total. The molecule has 1 aliphatic heterocycles. The number of amides is 2. The van der Waals surface area contributed by atoms with Gasteiger partial charge in [-0.25, -0.2) is 13.9 Å². The number of primary amides is 1. The maximum Gasteiger partial charge on any atom is 0.410 e. The molecular formula is C18H23FN4O4. The van der Waals surface area contributed by atoms with Gasteiger partial charge in [0.25, 0.3) is 5.56 Å². The number of hydrogen-bond acceptors (Lipinski definition) is 4. The summed E-state index contributed by atoms with van der Waals surface area (Å²) in [7, 11) is 0. The van der Waals surface area contributed by atoms with Gasteiger partial charge in [0.05, 0.1) is 22.5 Å². The van der Waals surface area contributed by atoms with Crippen molar-refractivity contribution in [2.24, 2.45) is 5.73 Å². The average molecular weight is 378 g/mol. The van der Waals surface area contributed by atoms with Gasteiger partial charge in [-0.2, -0.15) is 0 Å². The molecule has 0 atom stereocenters. The lowest BCUT2D eigenvalue weighted by Crippen LogP contribution is -2.43. The summed E-state index contributed by atoms with van der Waals surface area (Å²) in [4.78, 5) is 38.1. The number of benzene rings is 1. The van der Waals surface area contributed by atoms with Crippen molar-refractivity contribution in [3.8, 4) is 0 Å². The van der Waals surface area contributed by atoms with Gasteiger partial charge >= 0.3 is 6.09 Å². The number of H-pyrrole nitrogens is 1. The van der Waals surface area contributed by atoms with Crippen LogP contribution in [0.2, 0.25) is 0 Å². The number of fused-ring (bicyclic) bond motifs is 1. The number of likely N-dealkylation sites (tertiary alicyclic amines) is 1. The summed E-state index contributed by atoms with van der Waals surface area (Å²) in [5.41, 5.74) is 4.37. The first-order valence-electron chi connectivity index (χ1n) is 8.78. The molecule has 1 fully saturated rings. The first kappa shape index (κ1) is 18.9. The fourth-order valence-corrected chi connectivity index (χ4v) is 3.31. The highest BCUT2D eigenvalue weighted by molar-refractivity contribution is 6.05. The van der Waals surface area contributed by atoms with Crippen LogP contribution >= 0.6 is 0 Å². The van der Waals surface area contributed by atoms with Gasteiger partial charge in [0, 0.05) is 13.1 Å².